The summed E-state index contributed by atoms with van der Waals surface area (Å²) >= 11 is 0. The molecule has 0 radical (unpaired) electrons. The SMILES string of the molecule is Cc1c(C)c(C)c2c(c1C)Cc1c-2c(C)c(C)c2c(C)c(C)c(C)c(C)c12. The zero-order valence-electron chi connectivity index (χ0n) is 18.7. The summed E-state index contributed by atoms with van der Waals surface area (Å²) in [4.78, 5) is 0. The number of fused-ring (bicyclic) bond motifs is 5. The lowest BCUT2D eigenvalue weighted by Crippen LogP contribution is -2.01. The Bertz CT molecular complexity index is 1170. The molecule has 0 bridgehead atoms. The van der Waals surface area contributed by atoms with Crippen LogP contribution in [0.2, 0.25) is 0 Å². The minimum atomic E-state index is 1.08. The summed E-state index contributed by atoms with van der Waals surface area (Å²) in [5, 5.41) is 3.03. The van der Waals surface area contributed by atoms with Crippen LogP contribution >= 0.6 is 0 Å². The smallest absolute Gasteiger partial charge is 0.000424 e. The first-order valence-electron chi connectivity index (χ1n) is 10.2. The Balaban J connectivity index is 2.28. The maximum atomic E-state index is 2.34. The van der Waals surface area contributed by atoms with Crippen molar-refractivity contribution >= 4 is 10.8 Å². The van der Waals surface area contributed by atoms with E-state index in [4.69, 9.17) is 0 Å². The highest BCUT2D eigenvalue weighted by Gasteiger charge is 2.30. The largest absolute Gasteiger partial charge is 0.0447 e. The average molecular weight is 357 g/mol. The van der Waals surface area contributed by atoms with E-state index in [1.54, 1.807) is 11.1 Å². The van der Waals surface area contributed by atoms with Crippen molar-refractivity contribution in [3.05, 3.63) is 66.8 Å². The molecule has 0 spiro atoms. The minimum absolute atomic E-state index is 1.08. The van der Waals surface area contributed by atoms with E-state index in [2.05, 4.69) is 69.2 Å². The van der Waals surface area contributed by atoms with E-state index in [1.807, 2.05) is 0 Å². The van der Waals surface area contributed by atoms with Crippen LogP contribution in [-0.2, 0) is 6.42 Å². The number of aryl methyl sites for hydroxylation is 3. The van der Waals surface area contributed by atoms with Crippen molar-refractivity contribution in [1.29, 1.82) is 0 Å². The predicted molar refractivity (Wildman–Crippen MR) is 120 cm³/mol. The Kier molecular flexibility index (Phi) is 3.87. The van der Waals surface area contributed by atoms with Gasteiger partial charge in [0.25, 0.3) is 0 Å². The zero-order chi connectivity index (χ0) is 19.9. The maximum Gasteiger partial charge on any atom is -0.000424 e. The molecular weight excluding hydrogens is 324 g/mol. The van der Waals surface area contributed by atoms with Crippen molar-refractivity contribution in [2.45, 2.75) is 75.7 Å². The summed E-state index contributed by atoms with van der Waals surface area (Å²) in [6.07, 6.45) is 1.08. The Morgan fingerprint density at radius 1 is 0.333 bits per heavy atom. The molecule has 0 atom stereocenters. The van der Waals surface area contributed by atoms with Gasteiger partial charge in [0.05, 0.1) is 0 Å². The van der Waals surface area contributed by atoms with Crippen LogP contribution in [0, 0.1) is 69.2 Å². The van der Waals surface area contributed by atoms with E-state index in [1.165, 1.54) is 77.5 Å². The van der Waals surface area contributed by atoms with Gasteiger partial charge in [0, 0.05) is 0 Å². The normalized spacial score (nSPS) is 12.7. The van der Waals surface area contributed by atoms with E-state index in [-0.39, 0.29) is 0 Å². The van der Waals surface area contributed by atoms with Crippen LogP contribution in [0.15, 0.2) is 0 Å². The van der Waals surface area contributed by atoms with Crippen LogP contribution in [0.5, 0.6) is 0 Å². The number of hydrogen-bond acceptors (Lipinski definition) is 0. The maximum absolute atomic E-state index is 2.34. The molecule has 0 fully saturated rings. The van der Waals surface area contributed by atoms with Crippen molar-refractivity contribution in [3.8, 4) is 11.1 Å². The highest BCUT2D eigenvalue weighted by molar-refractivity contribution is 6.04. The molecule has 0 saturated heterocycles. The molecule has 0 aromatic heterocycles. The second kappa shape index (κ2) is 5.71. The average Bonchev–Trinajstić information content (AvgIpc) is 3.04. The molecule has 0 nitrogen and oxygen atoms in total. The number of rotatable bonds is 0. The quantitative estimate of drug-likeness (QED) is 0.306. The number of hydrogen-bond donors (Lipinski definition) is 0. The highest BCUT2D eigenvalue weighted by Crippen LogP contribution is 2.50. The molecule has 4 rings (SSSR count). The lowest BCUT2D eigenvalue weighted by Gasteiger charge is -2.22. The van der Waals surface area contributed by atoms with Crippen molar-refractivity contribution in [2.24, 2.45) is 0 Å². The predicted octanol–water partition coefficient (Wildman–Crippen LogP) is 7.50. The van der Waals surface area contributed by atoms with Gasteiger partial charge in [0.1, 0.15) is 0 Å². The first kappa shape index (κ1) is 18.3. The lowest BCUT2D eigenvalue weighted by molar-refractivity contribution is 1.15. The second-order valence-corrected chi connectivity index (χ2v) is 8.88. The zero-order valence-corrected chi connectivity index (χ0v) is 18.7. The standard InChI is InChI=1S/C27H32/c1-12-13(2)18(7)25-22(16(12)5)11-23-26-19(8)15(4)14(3)17(6)24(26)20(9)21(10)27(23)25/h11H2,1-10H3. The molecule has 27 heavy (non-hydrogen) atoms. The van der Waals surface area contributed by atoms with E-state index < -0.39 is 0 Å². The Labute approximate surface area is 164 Å². The van der Waals surface area contributed by atoms with Gasteiger partial charge in [-0.25, -0.2) is 0 Å². The van der Waals surface area contributed by atoms with Crippen molar-refractivity contribution < 1.29 is 0 Å². The van der Waals surface area contributed by atoms with Gasteiger partial charge in [-0.2, -0.15) is 0 Å². The van der Waals surface area contributed by atoms with Crippen LogP contribution < -0.4 is 0 Å². The molecular formula is C27H32. The van der Waals surface area contributed by atoms with Gasteiger partial charge in [-0.3, -0.25) is 0 Å². The second-order valence-electron chi connectivity index (χ2n) is 8.88. The molecule has 1 aliphatic rings. The third-order valence-corrected chi connectivity index (χ3v) is 8.02. The van der Waals surface area contributed by atoms with E-state index in [0.717, 1.165) is 6.42 Å². The first-order chi connectivity index (χ1) is 12.6. The fourth-order valence-electron chi connectivity index (χ4n) is 5.53. The molecule has 0 heteroatoms. The minimum Gasteiger partial charge on any atom is -0.0447 e. The third-order valence-electron chi connectivity index (χ3n) is 8.02. The van der Waals surface area contributed by atoms with Crippen LogP contribution in [0.3, 0.4) is 0 Å². The molecule has 140 valence electrons. The summed E-state index contributed by atoms with van der Waals surface area (Å²) < 4.78 is 0. The lowest BCUT2D eigenvalue weighted by atomic mass is 9.82. The van der Waals surface area contributed by atoms with Gasteiger partial charge in [-0.05, 0) is 164 Å². The van der Waals surface area contributed by atoms with Crippen LogP contribution in [-0.4, -0.2) is 0 Å². The monoisotopic (exact) mass is 356 g/mol. The fraction of sp³-hybridized carbons (Fsp3) is 0.407. The molecule has 0 N–H and O–H groups in total. The highest BCUT2D eigenvalue weighted by atomic mass is 14.3. The molecule has 1 aliphatic carbocycles. The van der Waals surface area contributed by atoms with Gasteiger partial charge in [0.15, 0.2) is 0 Å². The summed E-state index contributed by atoms with van der Waals surface area (Å²) in [5.74, 6) is 0. The summed E-state index contributed by atoms with van der Waals surface area (Å²) in [6.45, 7) is 23.1. The first-order valence-corrected chi connectivity index (χ1v) is 10.2. The summed E-state index contributed by atoms with van der Waals surface area (Å²) in [7, 11) is 0. The van der Waals surface area contributed by atoms with Crippen LogP contribution in [0.4, 0.5) is 0 Å². The Morgan fingerprint density at radius 2 is 0.704 bits per heavy atom. The Morgan fingerprint density at radius 3 is 1.30 bits per heavy atom. The molecule has 0 heterocycles. The Hall–Kier alpha value is -2.08. The topological polar surface area (TPSA) is 0 Å². The van der Waals surface area contributed by atoms with Gasteiger partial charge in [-0.15, -0.1) is 0 Å². The molecule has 0 saturated carbocycles. The third kappa shape index (κ3) is 2.10. The molecule has 0 amide bonds. The fourth-order valence-corrected chi connectivity index (χ4v) is 5.53. The van der Waals surface area contributed by atoms with Gasteiger partial charge < -0.3 is 0 Å². The van der Waals surface area contributed by atoms with E-state index in [9.17, 15) is 0 Å². The molecule has 3 aromatic carbocycles. The molecule has 0 unspecified atom stereocenters. The van der Waals surface area contributed by atoms with E-state index >= 15 is 0 Å². The summed E-state index contributed by atoms with van der Waals surface area (Å²) in [5.41, 5.74) is 20.9. The molecule has 3 aromatic rings. The van der Waals surface area contributed by atoms with Crippen molar-refractivity contribution in [2.75, 3.05) is 0 Å². The van der Waals surface area contributed by atoms with E-state index in [0.29, 0.717) is 0 Å². The van der Waals surface area contributed by atoms with Crippen LogP contribution in [0.1, 0.15) is 66.8 Å². The van der Waals surface area contributed by atoms with Crippen molar-refractivity contribution in [3.63, 3.8) is 0 Å². The van der Waals surface area contributed by atoms with Gasteiger partial charge >= 0.3 is 0 Å². The number of benzene rings is 3. The summed E-state index contributed by atoms with van der Waals surface area (Å²) in [6, 6.07) is 0. The van der Waals surface area contributed by atoms with Crippen LogP contribution in [0.25, 0.3) is 21.9 Å². The molecule has 0 aliphatic heterocycles. The van der Waals surface area contributed by atoms with Crippen molar-refractivity contribution in [1.82, 2.24) is 0 Å². The van der Waals surface area contributed by atoms with Gasteiger partial charge in [0.2, 0.25) is 0 Å². The van der Waals surface area contributed by atoms with Gasteiger partial charge in [-0.1, -0.05) is 0 Å².